The lowest BCUT2D eigenvalue weighted by Crippen LogP contribution is -2.20. The molecule has 0 spiro atoms. The van der Waals surface area contributed by atoms with Gasteiger partial charge in [-0.1, -0.05) is 49.9 Å². The number of benzene rings is 1. The highest BCUT2D eigenvalue weighted by molar-refractivity contribution is 5.93. The molecule has 0 saturated carbocycles. The van der Waals surface area contributed by atoms with E-state index in [0.29, 0.717) is 25.3 Å². The van der Waals surface area contributed by atoms with E-state index in [1.807, 2.05) is 57.2 Å². The predicted octanol–water partition coefficient (Wildman–Crippen LogP) is 3.88. The van der Waals surface area contributed by atoms with E-state index >= 15 is 0 Å². The Kier molecular flexibility index (Phi) is 11.8. The molecule has 0 aliphatic rings. The first-order valence-corrected chi connectivity index (χ1v) is 10.1. The summed E-state index contributed by atoms with van der Waals surface area (Å²) < 4.78 is 4.69. The summed E-state index contributed by atoms with van der Waals surface area (Å²) in [4.78, 5) is 25.5. The Labute approximate surface area is 179 Å². The molecular weight excluding hydrogens is 380 g/mol. The highest BCUT2D eigenvalue weighted by Crippen LogP contribution is 2.20. The molecule has 2 unspecified atom stereocenters. The molecule has 7 heteroatoms. The third-order valence-electron chi connectivity index (χ3n) is 4.38. The van der Waals surface area contributed by atoms with Crippen LogP contribution in [0.3, 0.4) is 0 Å². The number of carbonyl (C=O) groups is 1. The van der Waals surface area contributed by atoms with Gasteiger partial charge in [-0.05, 0) is 37.0 Å². The smallest absolute Gasteiger partial charge is 0.305 e. The van der Waals surface area contributed by atoms with Crippen LogP contribution in [0.5, 0.6) is 0 Å². The summed E-state index contributed by atoms with van der Waals surface area (Å²) in [7, 11) is 1.37. The lowest BCUT2D eigenvalue weighted by molar-refractivity contribution is -0.141. The zero-order valence-corrected chi connectivity index (χ0v) is 18.4. The molecule has 0 aliphatic carbocycles. The fourth-order valence-corrected chi connectivity index (χ4v) is 2.75. The second-order valence-corrected chi connectivity index (χ2v) is 6.97. The Hall–Kier alpha value is -2.93. The van der Waals surface area contributed by atoms with Crippen LogP contribution in [0.15, 0.2) is 59.1 Å². The average molecular weight is 415 g/mol. The highest BCUT2D eigenvalue weighted by Gasteiger charge is 2.15. The molecule has 3 N–H and O–H groups in total. The van der Waals surface area contributed by atoms with E-state index in [4.69, 9.17) is 15.5 Å². The molecule has 164 valence electrons. The summed E-state index contributed by atoms with van der Waals surface area (Å²) in [5.74, 6) is 6.38. The first-order chi connectivity index (χ1) is 14.4. The maximum absolute atomic E-state index is 11.4. The van der Waals surface area contributed by atoms with Gasteiger partial charge >= 0.3 is 5.97 Å². The number of aliphatic imine (C=N–C) groups is 2. The topological polar surface area (TPSA) is 98.3 Å². The average Bonchev–Trinajstić information content (AvgIpc) is 2.75. The van der Waals surface area contributed by atoms with Gasteiger partial charge < -0.3 is 14.9 Å². The van der Waals surface area contributed by atoms with Gasteiger partial charge in [0.1, 0.15) is 5.84 Å². The zero-order chi connectivity index (χ0) is 22.4. The molecule has 1 aromatic rings. The molecule has 1 aromatic carbocycles. The Morgan fingerprint density at radius 2 is 1.97 bits per heavy atom. The van der Waals surface area contributed by atoms with Crippen molar-refractivity contribution in [1.29, 1.82) is 0 Å². The molecule has 2 atom stereocenters. The molecule has 0 fully saturated rings. The molecule has 7 nitrogen and oxygen atoms in total. The van der Waals surface area contributed by atoms with E-state index in [-0.39, 0.29) is 17.9 Å². The predicted molar refractivity (Wildman–Crippen MR) is 122 cm³/mol. The van der Waals surface area contributed by atoms with Gasteiger partial charge in [0.05, 0.1) is 19.7 Å². The summed E-state index contributed by atoms with van der Waals surface area (Å²) in [6.07, 6.45) is 6.23. The van der Waals surface area contributed by atoms with Crippen molar-refractivity contribution >= 4 is 17.7 Å². The van der Waals surface area contributed by atoms with E-state index in [1.54, 1.807) is 6.08 Å². The number of esters is 1. The molecule has 0 aromatic heterocycles. The molecular formula is C23H34N4O3. The van der Waals surface area contributed by atoms with Crippen molar-refractivity contribution in [1.82, 2.24) is 5.32 Å². The van der Waals surface area contributed by atoms with Gasteiger partial charge in [-0.15, -0.1) is 0 Å². The minimum Gasteiger partial charge on any atom is -0.469 e. The van der Waals surface area contributed by atoms with Gasteiger partial charge in [-0.25, -0.2) is 4.99 Å². The molecule has 0 bridgehead atoms. The standard InChI is InChI=1S/C23H34N4O3/c1-6-8-9-21(25-7-2)26-16-19-10-12-20(13-11-19)18(4)27-22(30-24)14-17(3)15-23(28)29-5/h6,8-13,17-18H,1,7,14-16,24H2,2-5H3,(H,25,26)/b9-8-,27-22?. The number of hydrogen-bond donors (Lipinski definition) is 2. The number of nitrogens with zero attached hydrogens (tertiary/aromatic N) is 2. The van der Waals surface area contributed by atoms with Crippen molar-refractivity contribution in [3.63, 3.8) is 0 Å². The van der Waals surface area contributed by atoms with Gasteiger partial charge in [-0.2, -0.15) is 5.90 Å². The first-order valence-electron chi connectivity index (χ1n) is 10.1. The lowest BCUT2D eigenvalue weighted by atomic mass is 10.0. The molecule has 1 rings (SSSR count). The first kappa shape index (κ1) is 25.1. The van der Waals surface area contributed by atoms with Crippen LogP contribution in [0.1, 0.15) is 50.8 Å². The van der Waals surface area contributed by atoms with Crippen LogP contribution in [0.2, 0.25) is 0 Å². The Morgan fingerprint density at radius 3 is 2.53 bits per heavy atom. The molecule has 0 saturated heterocycles. The SMILES string of the molecule is C=C/C=C\C(=NCc1ccc(C(C)N=C(CC(C)CC(=O)OC)ON)cc1)NCC. The number of likely N-dealkylation sites (N-methyl/N-ethyl adjacent to an activating group) is 1. The number of amidine groups is 1. The minimum atomic E-state index is -0.262. The fraction of sp³-hybridized carbons (Fsp3) is 0.435. The summed E-state index contributed by atoms with van der Waals surface area (Å²) >= 11 is 0. The monoisotopic (exact) mass is 414 g/mol. The van der Waals surface area contributed by atoms with Crippen molar-refractivity contribution in [2.75, 3.05) is 13.7 Å². The summed E-state index contributed by atoms with van der Waals surface area (Å²) in [6, 6.07) is 8.00. The lowest BCUT2D eigenvalue weighted by Gasteiger charge is -2.14. The number of carbonyl (C=O) groups excluding carboxylic acids is 1. The largest absolute Gasteiger partial charge is 0.469 e. The molecule has 0 radical (unpaired) electrons. The van der Waals surface area contributed by atoms with E-state index in [1.165, 1.54) is 7.11 Å². The number of ether oxygens (including phenoxy) is 1. The van der Waals surface area contributed by atoms with Crippen LogP contribution < -0.4 is 11.2 Å². The summed E-state index contributed by atoms with van der Waals surface area (Å²) in [5.41, 5.74) is 2.13. The van der Waals surface area contributed by atoms with Crippen LogP contribution in [0.4, 0.5) is 0 Å². The maximum atomic E-state index is 11.4. The summed E-state index contributed by atoms with van der Waals surface area (Å²) in [6.45, 7) is 11.0. The van der Waals surface area contributed by atoms with Gasteiger partial charge in [0, 0.05) is 19.4 Å². The Morgan fingerprint density at radius 1 is 1.27 bits per heavy atom. The van der Waals surface area contributed by atoms with Crippen LogP contribution >= 0.6 is 0 Å². The zero-order valence-electron chi connectivity index (χ0n) is 18.4. The number of rotatable bonds is 11. The van der Waals surface area contributed by atoms with Crippen LogP contribution in [-0.4, -0.2) is 31.4 Å². The Bertz CT molecular complexity index is 754. The van der Waals surface area contributed by atoms with Gasteiger partial charge in [0.15, 0.2) is 0 Å². The number of nitrogens with one attached hydrogen (secondary N) is 1. The van der Waals surface area contributed by atoms with E-state index in [9.17, 15) is 4.79 Å². The van der Waals surface area contributed by atoms with Crippen molar-refractivity contribution in [3.05, 3.63) is 60.2 Å². The van der Waals surface area contributed by atoms with E-state index < -0.39 is 0 Å². The van der Waals surface area contributed by atoms with E-state index in [0.717, 1.165) is 23.5 Å². The van der Waals surface area contributed by atoms with Crippen molar-refractivity contribution in [2.45, 2.75) is 46.2 Å². The van der Waals surface area contributed by atoms with Crippen molar-refractivity contribution in [2.24, 2.45) is 21.8 Å². The maximum Gasteiger partial charge on any atom is 0.305 e. The van der Waals surface area contributed by atoms with Crippen LogP contribution in [-0.2, 0) is 20.9 Å². The highest BCUT2D eigenvalue weighted by atomic mass is 16.6. The van der Waals surface area contributed by atoms with Crippen molar-refractivity contribution < 1.29 is 14.4 Å². The normalized spacial score (nSPS) is 14.3. The second-order valence-electron chi connectivity index (χ2n) is 6.97. The van der Waals surface area contributed by atoms with Gasteiger partial charge in [0.2, 0.25) is 5.90 Å². The Balaban J connectivity index is 2.78. The molecule has 0 heterocycles. The van der Waals surface area contributed by atoms with Crippen LogP contribution in [0.25, 0.3) is 0 Å². The number of nitrogens with two attached hydrogens (primary N) is 1. The van der Waals surface area contributed by atoms with Gasteiger partial charge in [-0.3, -0.25) is 9.79 Å². The third-order valence-corrected chi connectivity index (χ3v) is 4.38. The minimum absolute atomic E-state index is 0.0215. The molecule has 0 amide bonds. The van der Waals surface area contributed by atoms with E-state index in [2.05, 4.69) is 21.9 Å². The van der Waals surface area contributed by atoms with Crippen molar-refractivity contribution in [3.8, 4) is 0 Å². The number of methoxy groups -OCH3 is 1. The number of allylic oxidation sites excluding steroid dienone is 2. The van der Waals surface area contributed by atoms with Crippen LogP contribution in [0, 0.1) is 5.92 Å². The van der Waals surface area contributed by atoms with Gasteiger partial charge in [0.25, 0.3) is 0 Å². The number of hydrogen-bond acceptors (Lipinski definition) is 6. The second kappa shape index (κ2) is 14.1. The molecule has 30 heavy (non-hydrogen) atoms. The fourth-order valence-electron chi connectivity index (χ4n) is 2.75. The summed E-state index contributed by atoms with van der Waals surface area (Å²) in [5, 5.41) is 3.22. The third kappa shape index (κ3) is 9.52. The quantitative estimate of drug-likeness (QED) is 0.188. The molecule has 0 aliphatic heterocycles.